The Bertz CT molecular complexity index is 490. The highest BCUT2D eigenvalue weighted by molar-refractivity contribution is 7.91. The van der Waals surface area contributed by atoms with Gasteiger partial charge in [0.05, 0.1) is 0 Å². The van der Waals surface area contributed by atoms with E-state index in [1.165, 1.54) is 12.1 Å². The molecule has 18 heavy (non-hydrogen) atoms. The molecule has 0 aliphatic carbocycles. The van der Waals surface area contributed by atoms with Crippen molar-refractivity contribution in [2.75, 3.05) is 25.4 Å². The van der Waals surface area contributed by atoms with Gasteiger partial charge < -0.3 is 9.47 Å². The molecule has 1 aromatic carbocycles. The summed E-state index contributed by atoms with van der Waals surface area (Å²) < 4.78 is 32.2. The lowest BCUT2D eigenvalue weighted by molar-refractivity contribution is 0.0224. The lowest BCUT2D eigenvalue weighted by atomic mass is 10.1. The zero-order valence-corrected chi connectivity index (χ0v) is 11.2. The summed E-state index contributed by atoms with van der Waals surface area (Å²) in [6, 6.07) is 6.28. The van der Waals surface area contributed by atoms with Gasteiger partial charge in [-0.05, 0) is 31.2 Å². The SMILES string of the molecule is CCOCOc1ccc(C(=O)CS(C)(=O)=O)cc1. The number of hydrogen-bond acceptors (Lipinski definition) is 5. The molecule has 1 aromatic rings. The molecule has 0 radical (unpaired) electrons. The summed E-state index contributed by atoms with van der Waals surface area (Å²) in [7, 11) is -3.30. The van der Waals surface area contributed by atoms with Crippen LogP contribution in [0.5, 0.6) is 5.75 Å². The lowest BCUT2D eigenvalue weighted by Gasteiger charge is -2.06. The summed E-state index contributed by atoms with van der Waals surface area (Å²) in [5.74, 6) is -0.334. The van der Waals surface area contributed by atoms with E-state index in [4.69, 9.17) is 9.47 Å². The average molecular weight is 272 g/mol. The van der Waals surface area contributed by atoms with E-state index >= 15 is 0 Å². The molecule has 0 saturated heterocycles. The van der Waals surface area contributed by atoms with E-state index < -0.39 is 21.4 Å². The number of ketones is 1. The third-order valence-corrected chi connectivity index (χ3v) is 2.87. The van der Waals surface area contributed by atoms with Crippen molar-refractivity contribution in [1.82, 2.24) is 0 Å². The number of sulfone groups is 1. The molecule has 0 heterocycles. The first-order valence-corrected chi connectivity index (χ1v) is 7.50. The second-order valence-electron chi connectivity index (χ2n) is 3.77. The quantitative estimate of drug-likeness (QED) is 0.425. The van der Waals surface area contributed by atoms with Gasteiger partial charge in [-0.2, -0.15) is 0 Å². The van der Waals surface area contributed by atoms with Crippen LogP contribution in [0.15, 0.2) is 24.3 Å². The van der Waals surface area contributed by atoms with E-state index in [0.717, 1.165) is 6.26 Å². The van der Waals surface area contributed by atoms with Crippen molar-refractivity contribution < 1.29 is 22.7 Å². The van der Waals surface area contributed by atoms with Crippen LogP contribution in [0.1, 0.15) is 17.3 Å². The van der Waals surface area contributed by atoms with Gasteiger partial charge in [0.25, 0.3) is 0 Å². The zero-order chi connectivity index (χ0) is 13.6. The number of ether oxygens (including phenoxy) is 2. The van der Waals surface area contributed by atoms with E-state index in [0.29, 0.717) is 17.9 Å². The molecule has 6 heteroatoms. The molecule has 100 valence electrons. The smallest absolute Gasteiger partial charge is 0.189 e. The number of Topliss-reactive ketones (excluding diaryl/α,β-unsaturated/α-hetero) is 1. The van der Waals surface area contributed by atoms with Gasteiger partial charge in [0.1, 0.15) is 11.5 Å². The van der Waals surface area contributed by atoms with E-state index in [-0.39, 0.29) is 6.79 Å². The largest absolute Gasteiger partial charge is 0.468 e. The number of rotatable bonds is 7. The van der Waals surface area contributed by atoms with Gasteiger partial charge in [-0.1, -0.05) is 0 Å². The van der Waals surface area contributed by atoms with Crippen LogP contribution < -0.4 is 4.74 Å². The Labute approximate surface area is 107 Å². The zero-order valence-electron chi connectivity index (χ0n) is 10.4. The van der Waals surface area contributed by atoms with E-state index in [9.17, 15) is 13.2 Å². The molecule has 0 saturated carbocycles. The third kappa shape index (κ3) is 5.29. The molecule has 0 N–H and O–H groups in total. The minimum absolute atomic E-state index is 0.146. The fourth-order valence-electron chi connectivity index (χ4n) is 1.25. The Balaban J connectivity index is 2.62. The second-order valence-corrected chi connectivity index (χ2v) is 5.91. The topological polar surface area (TPSA) is 69.7 Å². The third-order valence-electron chi connectivity index (χ3n) is 2.08. The van der Waals surface area contributed by atoms with E-state index in [2.05, 4.69) is 0 Å². The van der Waals surface area contributed by atoms with Crippen molar-refractivity contribution in [2.45, 2.75) is 6.92 Å². The van der Waals surface area contributed by atoms with Crippen LogP contribution in [-0.2, 0) is 14.6 Å². The Kier molecular flexibility index (Phi) is 5.30. The molecule has 1 rings (SSSR count). The fourth-order valence-corrected chi connectivity index (χ4v) is 1.89. The molecule has 0 aliphatic heterocycles. The molecule has 0 amide bonds. The average Bonchev–Trinajstić information content (AvgIpc) is 2.28. The molecule has 0 fully saturated rings. The predicted octanol–water partition coefficient (Wildman–Crippen LogP) is 1.29. The number of carbonyl (C=O) groups is 1. The van der Waals surface area contributed by atoms with Crippen LogP contribution in [0.2, 0.25) is 0 Å². The normalized spacial score (nSPS) is 11.2. The van der Waals surface area contributed by atoms with Crippen LogP contribution >= 0.6 is 0 Å². The highest BCUT2D eigenvalue weighted by Gasteiger charge is 2.12. The van der Waals surface area contributed by atoms with Crippen LogP contribution in [0.4, 0.5) is 0 Å². The second kappa shape index (κ2) is 6.51. The number of benzene rings is 1. The van der Waals surface area contributed by atoms with Gasteiger partial charge in [0, 0.05) is 18.4 Å². The lowest BCUT2D eigenvalue weighted by Crippen LogP contribution is -2.14. The molecular weight excluding hydrogens is 256 g/mol. The molecule has 0 bridgehead atoms. The Morgan fingerprint density at radius 3 is 2.33 bits per heavy atom. The summed E-state index contributed by atoms with van der Waals surface area (Å²) in [5.41, 5.74) is 0.351. The maximum Gasteiger partial charge on any atom is 0.189 e. The van der Waals surface area contributed by atoms with Crippen molar-refractivity contribution in [3.05, 3.63) is 29.8 Å². The summed E-state index contributed by atoms with van der Waals surface area (Å²) in [6.45, 7) is 2.56. The van der Waals surface area contributed by atoms with Crippen LogP contribution in [0, 0.1) is 0 Å². The van der Waals surface area contributed by atoms with Crippen LogP contribution in [0.25, 0.3) is 0 Å². The van der Waals surface area contributed by atoms with Gasteiger partial charge >= 0.3 is 0 Å². The van der Waals surface area contributed by atoms with Crippen molar-refractivity contribution in [2.24, 2.45) is 0 Å². The number of carbonyl (C=O) groups excluding carboxylic acids is 1. The minimum atomic E-state index is -3.30. The highest BCUT2D eigenvalue weighted by atomic mass is 32.2. The number of hydrogen-bond donors (Lipinski definition) is 0. The molecule has 0 aliphatic rings. The standard InChI is InChI=1S/C12H16O5S/c1-3-16-9-17-11-6-4-10(5-7-11)12(13)8-18(2,14)15/h4-7H,3,8-9H2,1-2H3. The highest BCUT2D eigenvalue weighted by Crippen LogP contribution is 2.13. The molecule has 0 spiro atoms. The fraction of sp³-hybridized carbons (Fsp3) is 0.417. The maximum absolute atomic E-state index is 11.6. The van der Waals surface area contributed by atoms with Crippen molar-refractivity contribution in [3.8, 4) is 5.75 Å². The van der Waals surface area contributed by atoms with Crippen LogP contribution in [0.3, 0.4) is 0 Å². The molecule has 0 aromatic heterocycles. The van der Waals surface area contributed by atoms with Crippen molar-refractivity contribution >= 4 is 15.6 Å². The first-order valence-electron chi connectivity index (χ1n) is 5.44. The summed E-state index contributed by atoms with van der Waals surface area (Å²) >= 11 is 0. The van der Waals surface area contributed by atoms with Gasteiger partial charge in [-0.15, -0.1) is 0 Å². The Morgan fingerprint density at radius 2 is 1.83 bits per heavy atom. The van der Waals surface area contributed by atoms with Gasteiger partial charge in [0.15, 0.2) is 22.4 Å². The van der Waals surface area contributed by atoms with E-state index in [1.54, 1.807) is 12.1 Å². The van der Waals surface area contributed by atoms with Crippen molar-refractivity contribution in [3.63, 3.8) is 0 Å². The Morgan fingerprint density at radius 1 is 1.22 bits per heavy atom. The molecular formula is C12H16O5S. The summed E-state index contributed by atoms with van der Waals surface area (Å²) in [5, 5.41) is 0. The van der Waals surface area contributed by atoms with Gasteiger partial charge in [-0.3, -0.25) is 4.79 Å². The first kappa shape index (κ1) is 14.7. The minimum Gasteiger partial charge on any atom is -0.468 e. The van der Waals surface area contributed by atoms with Crippen LogP contribution in [-0.4, -0.2) is 39.6 Å². The molecule has 5 nitrogen and oxygen atoms in total. The monoisotopic (exact) mass is 272 g/mol. The maximum atomic E-state index is 11.6. The summed E-state index contributed by atoms with van der Waals surface area (Å²) in [4.78, 5) is 11.6. The summed E-state index contributed by atoms with van der Waals surface area (Å²) in [6.07, 6.45) is 1.03. The van der Waals surface area contributed by atoms with Crippen molar-refractivity contribution in [1.29, 1.82) is 0 Å². The van der Waals surface area contributed by atoms with Gasteiger partial charge in [-0.25, -0.2) is 8.42 Å². The molecule has 0 unspecified atom stereocenters. The Hall–Kier alpha value is -1.40. The predicted molar refractivity (Wildman–Crippen MR) is 67.6 cm³/mol. The van der Waals surface area contributed by atoms with E-state index in [1.807, 2.05) is 6.92 Å². The van der Waals surface area contributed by atoms with Gasteiger partial charge in [0.2, 0.25) is 0 Å². The molecule has 0 atom stereocenters. The first-order chi connectivity index (χ1) is 8.42.